The first-order valence-electron chi connectivity index (χ1n) is 7.49. The molecule has 1 fully saturated rings. The Bertz CT molecular complexity index is 438. The maximum atomic E-state index is 5.96. The summed E-state index contributed by atoms with van der Waals surface area (Å²) in [5.41, 5.74) is 1.30. The molecule has 1 N–H and O–H groups in total. The number of halogens is 1. The summed E-state index contributed by atoms with van der Waals surface area (Å²) >= 11 is 5.56. The van der Waals surface area contributed by atoms with Gasteiger partial charge in [0, 0.05) is 17.5 Å². The summed E-state index contributed by atoms with van der Waals surface area (Å²) in [5.74, 6) is 3.07. The topological polar surface area (TPSA) is 30.5 Å². The summed E-state index contributed by atoms with van der Waals surface area (Å²) in [5, 5.41) is 3.65. The predicted molar refractivity (Wildman–Crippen MR) is 93.5 cm³/mol. The molecule has 0 saturated carbocycles. The first-order valence-corrected chi connectivity index (χ1v) is 9.44. The smallest absolute Gasteiger partial charge is 0.133 e. The van der Waals surface area contributed by atoms with Crippen LogP contribution in [0.15, 0.2) is 22.7 Å². The average Bonchev–Trinajstić information content (AvgIpc) is 2.52. The molecule has 0 aromatic heterocycles. The number of thioether (sulfide) groups is 1. The van der Waals surface area contributed by atoms with Crippen LogP contribution in [0.3, 0.4) is 0 Å². The lowest BCUT2D eigenvalue weighted by molar-refractivity contribution is 0.0472. The normalized spacial score (nSPS) is 20.2. The minimum atomic E-state index is 0.302. The summed E-state index contributed by atoms with van der Waals surface area (Å²) in [4.78, 5) is 0. The lowest BCUT2D eigenvalue weighted by Gasteiger charge is -2.31. The van der Waals surface area contributed by atoms with Crippen molar-refractivity contribution >= 4 is 27.7 Å². The molecule has 1 aromatic rings. The minimum absolute atomic E-state index is 0.302. The molecule has 0 aliphatic carbocycles. The van der Waals surface area contributed by atoms with Gasteiger partial charge in [0.05, 0.1) is 24.3 Å². The van der Waals surface area contributed by atoms with Gasteiger partial charge < -0.3 is 14.8 Å². The van der Waals surface area contributed by atoms with Gasteiger partial charge in [-0.2, -0.15) is 11.8 Å². The van der Waals surface area contributed by atoms with Crippen molar-refractivity contribution in [2.75, 3.05) is 31.8 Å². The highest BCUT2D eigenvalue weighted by atomic mass is 79.9. The highest BCUT2D eigenvalue weighted by Gasteiger charge is 2.24. The third kappa shape index (κ3) is 5.16. The van der Waals surface area contributed by atoms with Gasteiger partial charge in [-0.1, -0.05) is 13.0 Å². The summed E-state index contributed by atoms with van der Waals surface area (Å²) in [7, 11) is 1.69. The molecule has 1 aliphatic rings. The molecule has 0 amide bonds. The van der Waals surface area contributed by atoms with E-state index in [2.05, 4.69) is 40.3 Å². The first-order chi connectivity index (χ1) is 10.2. The summed E-state index contributed by atoms with van der Waals surface area (Å²) in [6.45, 7) is 4.10. The molecule has 2 rings (SSSR count). The Balaban J connectivity index is 2.04. The molecular formula is C16H24BrNO2S. The lowest BCUT2D eigenvalue weighted by Crippen LogP contribution is -2.46. The van der Waals surface area contributed by atoms with Crippen LogP contribution in [0.5, 0.6) is 5.75 Å². The van der Waals surface area contributed by atoms with Gasteiger partial charge in [0.2, 0.25) is 0 Å². The van der Waals surface area contributed by atoms with Crippen molar-refractivity contribution in [2.24, 2.45) is 0 Å². The molecule has 2 unspecified atom stereocenters. The number of hydrogen-bond acceptors (Lipinski definition) is 4. The number of nitrogens with one attached hydrogen (secondary N) is 1. The van der Waals surface area contributed by atoms with E-state index in [0.29, 0.717) is 12.1 Å². The maximum Gasteiger partial charge on any atom is 0.133 e. The zero-order valence-corrected chi connectivity index (χ0v) is 15.1. The van der Waals surface area contributed by atoms with Gasteiger partial charge in [0.1, 0.15) is 5.75 Å². The largest absolute Gasteiger partial charge is 0.496 e. The standard InChI is InChI=1S/C16H24BrNO2S/c1-3-6-18-14(16-11-21-8-7-20-16)10-12-4-5-15(19-2)13(17)9-12/h4-5,9,14,16,18H,3,6-8,10-11H2,1-2H3. The number of ether oxygens (including phenoxy) is 2. The molecule has 118 valence electrons. The van der Waals surface area contributed by atoms with Gasteiger partial charge in [0.15, 0.2) is 0 Å². The van der Waals surface area contributed by atoms with Crippen LogP contribution in [-0.2, 0) is 11.2 Å². The second-order valence-electron chi connectivity index (χ2n) is 5.22. The molecule has 5 heteroatoms. The van der Waals surface area contributed by atoms with E-state index in [4.69, 9.17) is 9.47 Å². The van der Waals surface area contributed by atoms with E-state index in [1.54, 1.807) is 7.11 Å². The van der Waals surface area contributed by atoms with Gasteiger partial charge in [0.25, 0.3) is 0 Å². The van der Waals surface area contributed by atoms with Crippen molar-refractivity contribution in [3.05, 3.63) is 28.2 Å². The Morgan fingerprint density at radius 3 is 3.00 bits per heavy atom. The van der Waals surface area contributed by atoms with E-state index in [1.807, 2.05) is 17.8 Å². The fourth-order valence-electron chi connectivity index (χ4n) is 2.49. The van der Waals surface area contributed by atoms with Crippen molar-refractivity contribution in [1.82, 2.24) is 5.32 Å². The molecule has 21 heavy (non-hydrogen) atoms. The Morgan fingerprint density at radius 2 is 2.38 bits per heavy atom. The highest BCUT2D eigenvalue weighted by molar-refractivity contribution is 9.10. The van der Waals surface area contributed by atoms with E-state index >= 15 is 0 Å². The second-order valence-corrected chi connectivity index (χ2v) is 7.22. The summed E-state index contributed by atoms with van der Waals surface area (Å²) in [6.07, 6.45) is 2.42. The molecule has 1 aromatic carbocycles. The highest BCUT2D eigenvalue weighted by Crippen LogP contribution is 2.27. The molecule has 0 spiro atoms. The Morgan fingerprint density at radius 1 is 1.52 bits per heavy atom. The van der Waals surface area contributed by atoms with Crippen LogP contribution in [0.2, 0.25) is 0 Å². The molecule has 1 heterocycles. The van der Waals surface area contributed by atoms with E-state index in [-0.39, 0.29) is 0 Å². The van der Waals surface area contributed by atoms with Gasteiger partial charge >= 0.3 is 0 Å². The maximum absolute atomic E-state index is 5.96. The molecule has 3 nitrogen and oxygen atoms in total. The SMILES string of the molecule is CCCNC(Cc1ccc(OC)c(Br)c1)C1CSCCO1. The van der Waals surface area contributed by atoms with Crippen LogP contribution < -0.4 is 10.1 Å². The molecule has 0 bridgehead atoms. The van der Waals surface area contributed by atoms with Crippen LogP contribution in [0.4, 0.5) is 0 Å². The van der Waals surface area contributed by atoms with Crippen LogP contribution in [0.1, 0.15) is 18.9 Å². The van der Waals surface area contributed by atoms with Gasteiger partial charge in [-0.15, -0.1) is 0 Å². The molecule has 0 radical (unpaired) electrons. The minimum Gasteiger partial charge on any atom is -0.496 e. The van der Waals surface area contributed by atoms with Crippen molar-refractivity contribution in [3.8, 4) is 5.75 Å². The summed E-state index contributed by atoms with van der Waals surface area (Å²) in [6, 6.07) is 6.68. The zero-order valence-electron chi connectivity index (χ0n) is 12.7. The zero-order chi connectivity index (χ0) is 15.1. The Labute approximate surface area is 140 Å². The molecule has 2 atom stereocenters. The van der Waals surface area contributed by atoms with Crippen molar-refractivity contribution < 1.29 is 9.47 Å². The van der Waals surface area contributed by atoms with E-state index in [1.165, 1.54) is 5.56 Å². The van der Waals surface area contributed by atoms with E-state index in [0.717, 1.165) is 47.7 Å². The number of hydrogen-bond donors (Lipinski definition) is 1. The fourth-order valence-corrected chi connectivity index (χ4v) is 4.02. The fraction of sp³-hybridized carbons (Fsp3) is 0.625. The molecular weight excluding hydrogens is 350 g/mol. The third-order valence-corrected chi connectivity index (χ3v) is 5.26. The van der Waals surface area contributed by atoms with E-state index in [9.17, 15) is 0 Å². The third-order valence-electron chi connectivity index (χ3n) is 3.62. The number of rotatable bonds is 7. The lowest BCUT2D eigenvalue weighted by atomic mass is 10.0. The average molecular weight is 374 g/mol. The predicted octanol–water partition coefficient (Wildman–Crippen LogP) is 3.50. The van der Waals surface area contributed by atoms with Crippen molar-refractivity contribution in [2.45, 2.75) is 31.9 Å². The molecule has 1 saturated heterocycles. The quantitative estimate of drug-likeness (QED) is 0.792. The van der Waals surface area contributed by atoms with Gasteiger partial charge in [-0.3, -0.25) is 0 Å². The van der Waals surface area contributed by atoms with Gasteiger partial charge in [-0.05, 0) is 53.0 Å². The van der Waals surface area contributed by atoms with Crippen LogP contribution in [0, 0.1) is 0 Å². The second kappa shape index (κ2) is 9.03. The Hall–Kier alpha value is -0.230. The van der Waals surface area contributed by atoms with Gasteiger partial charge in [-0.25, -0.2) is 0 Å². The van der Waals surface area contributed by atoms with Crippen LogP contribution >= 0.6 is 27.7 Å². The Kier molecular flexibility index (Phi) is 7.37. The summed E-state index contributed by atoms with van der Waals surface area (Å²) < 4.78 is 12.3. The number of benzene rings is 1. The van der Waals surface area contributed by atoms with E-state index < -0.39 is 0 Å². The van der Waals surface area contributed by atoms with Crippen LogP contribution in [-0.4, -0.2) is 43.9 Å². The number of methoxy groups -OCH3 is 1. The van der Waals surface area contributed by atoms with Crippen molar-refractivity contribution in [1.29, 1.82) is 0 Å². The van der Waals surface area contributed by atoms with Crippen LogP contribution in [0.25, 0.3) is 0 Å². The van der Waals surface area contributed by atoms with Crippen molar-refractivity contribution in [3.63, 3.8) is 0 Å². The first kappa shape index (κ1) is 17.1. The monoisotopic (exact) mass is 373 g/mol. The molecule has 1 aliphatic heterocycles.